The Balaban J connectivity index is 3.06. The van der Waals surface area contributed by atoms with E-state index < -0.39 is 5.97 Å². The summed E-state index contributed by atoms with van der Waals surface area (Å²) in [5, 5.41) is 12.9. The molecular weight excluding hydrogens is 180 g/mol. The van der Waals surface area contributed by atoms with Gasteiger partial charge in [0.25, 0.3) is 0 Å². The third-order valence-electron chi connectivity index (χ3n) is 2.26. The Morgan fingerprint density at radius 3 is 2.71 bits per heavy atom. The Hall–Kier alpha value is -1.58. The highest BCUT2D eigenvalue weighted by molar-refractivity contribution is 5.92. The van der Waals surface area contributed by atoms with Crippen LogP contribution in [0.1, 0.15) is 24.6 Å². The Morgan fingerprint density at radius 2 is 2.36 bits per heavy atom. The molecule has 0 radical (unpaired) electrons. The van der Waals surface area contributed by atoms with Crippen LogP contribution in [0, 0.1) is 6.92 Å². The Bertz CT molecular complexity index is 377. The number of aromatic nitrogens is 2. The predicted molar refractivity (Wildman–Crippen MR) is 53.8 cm³/mol. The number of hydrogen-bond donors (Lipinski definition) is 1. The smallest absolute Gasteiger partial charge is 0.331 e. The van der Waals surface area contributed by atoms with E-state index in [-0.39, 0.29) is 0 Å². The van der Waals surface area contributed by atoms with Crippen LogP contribution >= 0.6 is 0 Å². The molecule has 0 aromatic carbocycles. The molecule has 0 aliphatic heterocycles. The summed E-state index contributed by atoms with van der Waals surface area (Å²) in [6.07, 6.45) is 3.86. The van der Waals surface area contributed by atoms with E-state index in [1.807, 2.05) is 20.9 Å². The predicted octanol–water partition coefficient (Wildman–Crippen LogP) is 1.61. The number of carboxylic acid groups (broad SMARTS) is 1. The first kappa shape index (κ1) is 10.5. The number of carbonyl (C=O) groups is 1. The molecule has 0 spiro atoms. The van der Waals surface area contributed by atoms with Crippen LogP contribution in [0.4, 0.5) is 0 Å². The zero-order valence-electron chi connectivity index (χ0n) is 8.61. The molecule has 0 unspecified atom stereocenters. The summed E-state index contributed by atoms with van der Waals surface area (Å²) >= 11 is 0. The molecule has 1 aromatic rings. The van der Waals surface area contributed by atoms with E-state index in [2.05, 4.69) is 5.10 Å². The van der Waals surface area contributed by atoms with Crippen LogP contribution in [0.5, 0.6) is 0 Å². The van der Waals surface area contributed by atoms with Crippen molar-refractivity contribution in [3.8, 4) is 0 Å². The lowest BCUT2D eigenvalue weighted by molar-refractivity contribution is -0.132. The van der Waals surface area contributed by atoms with Gasteiger partial charge in [-0.05, 0) is 19.4 Å². The fourth-order valence-electron chi connectivity index (χ4n) is 1.16. The lowest BCUT2D eigenvalue weighted by atomic mass is 10.1. The van der Waals surface area contributed by atoms with Crippen LogP contribution in [0.2, 0.25) is 0 Å². The van der Waals surface area contributed by atoms with Crippen molar-refractivity contribution in [1.82, 2.24) is 9.78 Å². The molecule has 1 N–H and O–H groups in total. The molecule has 76 valence electrons. The van der Waals surface area contributed by atoms with Gasteiger partial charge in [0.2, 0.25) is 0 Å². The van der Waals surface area contributed by atoms with E-state index in [1.54, 1.807) is 17.0 Å². The Labute approximate surface area is 82.9 Å². The average Bonchev–Trinajstić information content (AvgIpc) is 2.44. The minimum absolute atomic E-state index is 0.404. The summed E-state index contributed by atoms with van der Waals surface area (Å²) < 4.78 is 1.72. The van der Waals surface area contributed by atoms with Gasteiger partial charge in [-0.2, -0.15) is 5.10 Å². The molecule has 14 heavy (non-hydrogen) atoms. The maximum absolute atomic E-state index is 10.8. The van der Waals surface area contributed by atoms with Gasteiger partial charge in [0.15, 0.2) is 0 Å². The van der Waals surface area contributed by atoms with Crippen molar-refractivity contribution < 1.29 is 9.90 Å². The second-order valence-corrected chi connectivity index (χ2v) is 3.14. The van der Waals surface area contributed by atoms with Crippen molar-refractivity contribution in [2.45, 2.75) is 20.3 Å². The Morgan fingerprint density at radius 1 is 1.71 bits per heavy atom. The highest BCUT2D eigenvalue weighted by atomic mass is 16.4. The van der Waals surface area contributed by atoms with Crippen molar-refractivity contribution in [3.63, 3.8) is 0 Å². The van der Waals surface area contributed by atoms with Crippen molar-refractivity contribution in [2.24, 2.45) is 7.05 Å². The quantitative estimate of drug-likeness (QED) is 0.744. The number of carboxylic acids is 1. The van der Waals surface area contributed by atoms with Gasteiger partial charge < -0.3 is 5.11 Å². The fraction of sp³-hybridized carbons (Fsp3) is 0.400. The highest BCUT2D eigenvalue weighted by Crippen LogP contribution is 2.13. The minimum Gasteiger partial charge on any atom is -0.478 e. The topological polar surface area (TPSA) is 55.1 Å². The molecule has 1 heterocycles. The summed E-state index contributed by atoms with van der Waals surface area (Å²) in [6, 6.07) is 0. The second kappa shape index (κ2) is 4.09. The third-order valence-corrected chi connectivity index (χ3v) is 2.26. The van der Waals surface area contributed by atoms with Crippen molar-refractivity contribution >= 4 is 12.0 Å². The van der Waals surface area contributed by atoms with Crippen LogP contribution in [-0.2, 0) is 11.8 Å². The summed E-state index contributed by atoms with van der Waals surface area (Å²) in [7, 11) is 1.83. The highest BCUT2D eigenvalue weighted by Gasteiger charge is 2.07. The van der Waals surface area contributed by atoms with E-state index >= 15 is 0 Å². The molecular formula is C10H14N2O2. The largest absolute Gasteiger partial charge is 0.478 e. The lowest BCUT2D eigenvalue weighted by Crippen LogP contribution is -1.99. The van der Waals surface area contributed by atoms with Crippen LogP contribution in [0.15, 0.2) is 11.8 Å². The van der Waals surface area contributed by atoms with Crippen LogP contribution in [-0.4, -0.2) is 20.9 Å². The number of nitrogens with zero attached hydrogens (tertiary/aromatic N) is 2. The first-order chi connectivity index (χ1) is 6.56. The molecule has 0 aliphatic rings. The third kappa shape index (κ3) is 2.02. The normalized spacial score (nSPS) is 11.8. The fourth-order valence-corrected chi connectivity index (χ4v) is 1.16. The maximum Gasteiger partial charge on any atom is 0.331 e. The molecule has 4 heteroatoms. The van der Waals surface area contributed by atoms with Crippen molar-refractivity contribution in [2.75, 3.05) is 0 Å². The number of hydrogen-bond acceptors (Lipinski definition) is 2. The van der Waals surface area contributed by atoms with Gasteiger partial charge in [-0.25, -0.2) is 4.79 Å². The lowest BCUT2D eigenvalue weighted by Gasteiger charge is -1.98. The molecule has 0 atom stereocenters. The first-order valence-corrected chi connectivity index (χ1v) is 4.48. The van der Waals surface area contributed by atoms with Crippen LogP contribution < -0.4 is 0 Å². The van der Waals surface area contributed by atoms with Crippen molar-refractivity contribution in [3.05, 3.63) is 23.0 Å². The van der Waals surface area contributed by atoms with E-state index in [0.717, 1.165) is 11.3 Å². The van der Waals surface area contributed by atoms with Gasteiger partial charge in [0.05, 0.1) is 6.20 Å². The number of aliphatic carboxylic acids is 1. The molecule has 0 saturated carbocycles. The first-order valence-electron chi connectivity index (χ1n) is 4.48. The van der Waals surface area contributed by atoms with E-state index in [9.17, 15) is 4.79 Å². The summed E-state index contributed by atoms with van der Waals surface area (Å²) in [5.74, 6) is -0.865. The number of aryl methyl sites for hydroxylation is 1. The summed E-state index contributed by atoms with van der Waals surface area (Å²) in [4.78, 5) is 10.8. The molecule has 0 amide bonds. The zero-order chi connectivity index (χ0) is 10.7. The summed E-state index contributed by atoms with van der Waals surface area (Å²) in [6.45, 7) is 3.74. The standard InChI is InChI=1S/C10H14N2O2/c1-4-8(10(13)14)5-9-6-11-12(3)7(9)2/h5-6H,4H2,1-3H3,(H,13,14)/b8-5+. The SMILES string of the molecule is CC/C(=C\c1cnn(C)c1C)C(=O)O. The Kier molecular flexibility index (Phi) is 3.06. The monoisotopic (exact) mass is 194 g/mol. The van der Waals surface area contributed by atoms with Crippen LogP contribution in [0.3, 0.4) is 0 Å². The van der Waals surface area contributed by atoms with E-state index in [4.69, 9.17) is 5.11 Å². The number of rotatable bonds is 3. The zero-order valence-corrected chi connectivity index (χ0v) is 8.61. The molecule has 0 saturated heterocycles. The maximum atomic E-state index is 10.8. The second-order valence-electron chi connectivity index (χ2n) is 3.14. The molecule has 4 nitrogen and oxygen atoms in total. The molecule has 1 aromatic heterocycles. The molecule has 1 rings (SSSR count). The van der Waals surface area contributed by atoms with E-state index in [0.29, 0.717) is 12.0 Å². The molecule has 0 bridgehead atoms. The van der Waals surface area contributed by atoms with Gasteiger partial charge in [0.1, 0.15) is 0 Å². The van der Waals surface area contributed by atoms with E-state index in [1.165, 1.54) is 0 Å². The van der Waals surface area contributed by atoms with Gasteiger partial charge in [-0.1, -0.05) is 6.92 Å². The minimum atomic E-state index is -0.865. The van der Waals surface area contributed by atoms with Crippen LogP contribution in [0.25, 0.3) is 6.08 Å². The molecule has 0 aliphatic carbocycles. The average molecular weight is 194 g/mol. The van der Waals surface area contributed by atoms with Gasteiger partial charge in [-0.15, -0.1) is 0 Å². The summed E-state index contributed by atoms with van der Waals surface area (Å²) in [5.41, 5.74) is 2.24. The van der Waals surface area contributed by atoms with Gasteiger partial charge in [0, 0.05) is 23.9 Å². The molecule has 0 fully saturated rings. The van der Waals surface area contributed by atoms with Crippen molar-refractivity contribution in [1.29, 1.82) is 0 Å². The van der Waals surface area contributed by atoms with Gasteiger partial charge in [-0.3, -0.25) is 4.68 Å². The van der Waals surface area contributed by atoms with Gasteiger partial charge >= 0.3 is 5.97 Å².